The van der Waals surface area contributed by atoms with Crippen molar-refractivity contribution in [3.63, 3.8) is 0 Å². The van der Waals surface area contributed by atoms with E-state index < -0.39 is 22.6 Å². The number of pyridine rings is 1. The molecule has 0 unspecified atom stereocenters. The molecule has 8 nitrogen and oxygen atoms in total. The zero-order valence-electron chi connectivity index (χ0n) is 18.5. The summed E-state index contributed by atoms with van der Waals surface area (Å²) < 4.78 is 23.6. The van der Waals surface area contributed by atoms with Crippen molar-refractivity contribution in [1.82, 2.24) is 13.7 Å². The summed E-state index contributed by atoms with van der Waals surface area (Å²) in [6.07, 6.45) is 1.39. The molecule has 0 aliphatic heterocycles. The fraction of sp³-hybridized carbons (Fsp3) is 0.208. The van der Waals surface area contributed by atoms with Gasteiger partial charge in [-0.1, -0.05) is 17.6 Å². The zero-order chi connectivity index (χ0) is 24.1. The maximum atomic E-state index is 14.5. The lowest BCUT2D eigenvalue weighted by Crippen LogP contribution is -2.41. The van der Waals surface area contributed by atoms with Crippen molar-refractivity contribution in [2.45, 2.75) is 18.9 Å². The van der Waals surface area contributed by atoms with E-state index in [1.54, 1.807) is 24.3 Å². The molecule has 10 heteroatoms. The van der Waals surface area contributed by atoms with Crippen molar-refractivity contribution in [2.75, 3.05) is 12.4 Å². The predicted molar refractivity (Wildman–Crippen MR) is 129 cm³/mol. The Morgan fingerprint density at radius 1 is 1.06 bits per heavy atom. The molecule has 0 atom stereocenters. The van der Waals surface area contributed by atoms with Gasteiger partial charge < -0.3 is 10.1 Å². The number of rotatable bonds is 5. The van der Waals surface area contributed by atoms with Crippen LogP contribution < -0.4 is 32.3 Å². The summed E-state index contributed by atoms with van der Waals surface area (Å²) in [7, 11) is 8.63. The third-order valence-electron chi connectivity index (χ3n) is 5.94. The van der Waals surface area contributed by atoms with E-state index in [1.807, 2.05) is 0 Å². The molecule has 0 spiro atoms. The van der Waals surface area contributed by atoms with E-state index in [1.165, 1.54) is 46.1 Å². The monoisotopic (exact) mass is 458 g/mol. The summed E-state index contributed by atoms with van der Waals surface area (Å²) >= 11 is 0. The summed E-state index contributed by atoms with van der Waals surface area (Å²) in [6.45, 7) is 0. The summed E-state index contributed by atoms with van der Waals surface area (Å²) in [5.41, 5.74) is -0.696. The van der Waals surface area contributed by atoms with Gasteiger partial charge in [-0.15, -0.1) is 0 Å². The van der Waals surface area contributed by atoms with E-state index in [2.05, 4.69) is 5.32 Å². The van der Waals surface area contributed by atoms with Gasteiger partial charge in [0.15, 0.2) is 0 Å². The number of nitrogens with one attached hydrogen (secondary N) is 1. The maximum Gasteiger partial charge on any atom is 0.337 e. The maximum absolute atomic E-state index is 14.5. The van der Waals surface area contributed by atoms with Crippen molar-refractivity contribution >= 4 is 35.7 Å². The molecule has 1 fully saturated rings. The molecule has 2 heterocycles. The second-order valence-electron chi connectivity index (χ2n) is 8.24. The molecule has 1 aliphatic carbocycles. The van der Waals surface area contributed by atoms with E-state index in [0.717, 1.165) is 6.07 Å². The molecule has 0 bridgehead atoms. The Kier molecular flexibility index (Phi) is 5.15. The van der Waals surface area contributed by atoms with E-state index in [0.29, 0.717) is 24.3 Å². The van der Waals surface area contributed by atoms with Gasteiger partial charge in [-0.05, 0) is 37.1 Å². The molecule has 1 aliphatic rings. The first-order valence-corrected chi connectivity index (χ1v) is 10.7. The Labute approximate surface area is 194 Å². The fourth-order valence-corrected chi connectivity index (χ4v) is 4.08. The summed E-state index contributed by atoms with van der Waals surface area (Å²) in [4.78, 5) is 40.1. The summed E-state index contributed by atoms with van der Waals surface area (Å²) in [5, 5.41) is 2.95. The minimum Gasteiger partial charge on any atom is -0.497 e. The Balaban J connectivity index is 1.90. The zero-order valence-corrected chi connectivity index (χ0v) is 18.5. The summed E-state index contributed by atoms with van der Waals surface area (Å²) in [5.74, 6) is -0.137. The van der Waals surface area contributed by atoms with Crippen molar-refractivity contribution in [3.05, 3.63) is 85.5 Å². The van der Waals surface area contributed by atoms with Gasteiger partial charge >= 0.3 is 5.69 Å². The number of aryl methyl sites for hydroxylation is 1. The minimum absolute atomic E-state index is 0.0419. The first-order chi connectivity index (χ1) is 16.3. The molecule has 2 aromatic carbocycles. The minimum atomic E-state index is -0.641. The van der Waals surface area contributed by atoms with Crippen molar-refractivity contribution in [1.29, 1.82) is 0 Å². The van der Waals surface area contributed by atoms with Crippen LogP contribution in [0.4, 0.5) is 15.8 Å². The number of fused-ring (bicyclic) bond motifs is 1. The van der Waals surface area contributed by atoms with Gasteiger partial charge in [0.05, 0.1) is 24.2 Å². The van der Waals surface area contributed by atoms with Crippen LogP contribution in [0.3, 0.4) is 0 Å². The number of aromatic nitrogens is 3. The molecule has 2 radical (unpaired) electrons. The number of halogens is 1. The highest BCUT2D eigenvalue weighted by molar-refractivity contribution is 6.32. The highest BCUT2D eigenvalue weighted by atomic mass is 19.1. The number of hydrogen-bond acceptors (Lipinski definition) is 5. The van der Waals surface area contributed by atoms with Gasteiger partial charge in [-0.3, -0.25) is 18.7 Å². The lowest BCUT2D eigenvalue weighted by molar-refractivity contribution is 0.414. The molecule has 2 aromatic heterocycles. The largest absolute Gasteiger partial charge is 0.497 e. The highest BCUT2D eigenvalue weighted by Gasteiger charge is 2.31. The summed E-state index contributed by atoms with van der Waals surface area (Å²) in [6, 6.07) is 11.8. The second kappa shape index (κ2) is 8.05. The topological polar surface area (TPSA) is 87.3 Å². The van der Waals surface area contributed by atoms with Crippen LogP contribution >= 0.6 is 0 Å². The Hall–Kier alpha value is -4.08. The fourth-order valence-electron chi connectivity index (χ4n) is 4.08. The molecule has 34 heavy (non-hydrogen) atoms. The molecule has 170 valence electrons. The normalized spacial score (nSPS) is 13.3. The molecular formula is C24H20BFN4O4. The first-order valence-electron chi connectivity index (χ1n) is 10.7. The van der Waals surface area contributed by atoms with Crippen LogP contribution in [0, 0.1) is 5.82 Å². The van der Waals surface area contributed by atoms with Crippen LogP contribution in [-0.4, -0.2) is 28.7 Å². The Morgan fingerprint density at radius 2 is 1.82 bits per heavy atom. The van der Waals surface area contributed by atoms with Gasteiger partial charge in [0, 0.05) is 25.2 Å². The number of benzene rings is 2. The number of ether oxygens (including phenoxy) is 1. The molecular weight excluding hydrogens is 438 g/mol. The van der Waals surface area contributed by atoms with E-state index in [9.17, 15) is 18.8 Å². The Bertz CT molecular complexity index is 1640. The van der Waals surface area contributed by atoms with Crippen molar-refractivity contribution in [3.8, 4) is 11.4 Å². The molecule has 4 aromatic rings. The Morgan fingerprint density at radius 3 is 2.50 bits per heavy atom. The molecule has 5 rings (SSSR count). The average Bonchev–Trinajstić information content (AvgIpc) is 3.64. The van der Waals surface area contributed by atoms with E-state index in [4.69, 9.17) is 12.6 Å². The van der Waals surface area contributed by atoms with Crippen LogP contribution in [0.5, 0.6) is 5.75 Å². The predicted octanol–water partition coefficient (Wildman–Crippen LogP) is 1.87. The lowest BCUT2D eigenvalue weighted by atomic mass is 9.96. The van der Waals surface area contributed by atoms with Gasteiger partial charge in [0.1, 0.15) is 30.4 Å². The van der Waals surface area contributed by atoms with Gasteiger partial charge in [-0.2, -0.15) is 0 Å². The van der Waals surface area contributed by atoms with Crippen LogP contribution in [0.15, 0.2) is 62.9 Å². The highest BCUT2D eigenvalue weighted by Crippen LogP contribution is 2.33. The number of anilines is 2. The first kappa shape index (κ1) is 21.8. The number of nitrogens with zero attached hydrogens (tertiary/aromatic N) is 3. The smallest absolute Gasteiger partial charge is 0.337 e. The van der Waals surface area contributed by atoms with Gasteiger partial charge in [0.2, 0.25) is 0 Å². The standard InChI is InChI=1S/C24H20BFN4O4/c1-28-20(31)12-19(27-18-9-6-13(25)10-17(18)26)21-22(28)29(15-4-3-5-16(11-15)34-2)24(33)30(23(21)32)14-7-8-14/h3-6,9-12,14,27H,7-8H2,1-2H3. The van der Waals surface area contributed by atoms with E-state index in [-0.39, 0.29) is 33.9 Å². The third kappa shape index (κ3) is 3.51. The van der Waals surface area contributed by atoms with E-state index >= 15 is 0 Å². The SMILES string of the molecule is [B]c1ccc(Nc2cc(=O)n(C)c3c2c(=O)n(C2CC2)c(=O)n3-c2cccc(OC)c2)c(F)c1. The molecule has 1 saturated carbocycles. The van der Waals surface area contributed by atoms with Gasteiger partial charge in [0.25, 0.3) is 11.1 Å². The van der Waals surface area contributed by atoms with Crippen LogP contribution in [0.1, 0.15) is 18.9 Å². The molecule has 0 saturated heterocycles. The van der Waals surface area contributed by atoms with Crippen LogP contribution in [-0.2, 0) is 7.05 Å². The van der Waals surface area contributed by atoms with Crippen LogP contribution in [0.25, 0.3) is 16.7 Å². The number of methoxy groups -OCH3 is 1. The lowest BCUT2D eigenvalue weighted by Gasteiger charge is -2.19. The molecule has 0 amide bonds. The molecule has 1 N–H and O–H groups in total. The number of hydrogen-bond donors (Lipinski definition) is 1. The average molecular weight is 458 g/mol. The third-order valence-corrected chi connectivity index (χ3v) is 5.94. The van der Waals surface area contributed by atoms with Crippen molar-refractivity contribution in [2.24, 2.45) is 7.05 Å². The second-order valence-corrected chi connectivity index (χ2v) is 8.24. The van der Waals surface area contributed by atoms with Gasteiger partial charge in [-0.25, -0.2) is 13.8 Å². The van der Waals surface area contributed by atoms with Crippen LogP contribution in [0.2, 0.25) is 0 Å². The quantitative estimate of drug-likeness (QED) is 0.462. The van der Waals surface area contributed by atoms with Crippen molar-refractivity contribution < 1.29 is 9.13 Å².